The highest BCUT2D eigenvalue weighted by Gasteiger charge is 2.25. The number of rotatable bonds is 6. The van der Waals surface area contributed by atoms with Gasteiger partial charge < -0.3 is 10.5 Å². The highest BCUT2D eigenvalue weighted by atomic mass is 35.5. The Morgan fingerprint density at radius 1 is 1.50 bits per heavy atom. The van der Waals surface area contributed by atoms with Crippen molar-refractivity contribution in [2.24, 2.45) is 5.73 Å². The second kappa shape index (κ2) is 9.89. The molecule has 0 aliphatic carbocycles. The Kier molecular flexibility index (Phi) is 10.6. The molecule has 0 aliphatic heterocycles. The maximum Gasteiger partial charge on any atom is 0.325 e. The van der Waals surface area contributed by atoms with Crippen LogP contribution < -0.4 is 10.5 Å². The third-order valence-corrected chi connectivity index (χ3v) is 3.51. The Labute approximate surface area is 130 Å². The first-order valence-electron chi connectivity index (χ1n) is 5.30. The fourth-order valence-electron chi connectivity index (χ4n) is 1.20. The van der Waals surface area contributed by atoms with E-state index in [0.717, 1.165) is 0 Å². The second-order valence-electron chi connectivity index (χ2n) is 3.35. The number of sulfonamides is 1. The normalized spacial score (nSPS) is 11.7. The summed E-state index contributed by atoms with van der Waals surface area (Å²) < 4.78 is 30.7. The molecule has 0 aliphatic rings. The molecule has 10 heteroatoms. The lowest BCUT2D eigenvalue weighted by atomic mass is 10.3. The molecule has 3 N–H and O–H groups in total. The molecule has 0 aromatic carbocycles. The van der Waals surface area contributed by atoms with Crippen LogP contribution in [0.3, 0.4) is 0 Å². The van der Waals surface area contributed by atoms with Gasteiger partial charge in [-0.25, -0.2) is 8.42 Å². The molecular formula is C10H17Cl2N3O4S. The molecule has 0 fully saturated rings. The standard InChI is InChI=1S/C10H15N3O4S.2ClH/c1-2-17-10(14)9(6-11)13-18(15,16)8-4-3-5-12-7-8;;/h3-5,7,9,13H,2,6,11H2,1H3;2*1H/t9-;;/m0../s1. The van der Waals surface area contributed by atoms with Crippen molar-refractivity contribution < 1.29 is 17.9 Å². The monoisotopic (exact) mass is 345 g/mol. The number of carbonyl (C=O) groups is 1. The van der Waals surface area contributed by atoms with Crippen LogP contribution in [0.4, 0.5) is 0 Å². The molecule has 1 rings (SSSR count). The second-order valence-corrected chi connectivity index (χ2v) is 5.06. The molecule has 1 heterocycles. The Balaban J connectivity index is 0. The summed E-state index contributed by atoms with van der Waals surface area (Å²) in [5.74, 6) is -0.701. The van der Waals surface area contributed by atoms with Crippen LogP contribution in [0, 0.1) is 0 Å². The minimum absolute atomic E-state index is 0. The first-order chi connectivity index (χ1) is 8.51. The van der Waals surface area contributed by atoms with Crippen LogP contribution in [0.25, 0.3) is 0 Å². The number of nitrogens with two attached hydrogens (primary N) is 1. The number of pyridine rings is 1. The first kappa shape index (κ1) is 21.4. The lowest BCUT2D eigenvalue weighted by molar-refractivity contribution is -0.144. The van der Waals surface area contributed by atoms with Gasteiger partial charge in [0.05, 0.1) is 6.61 Å². The van der Waals surface area contributed by atoms with Crippen molar-refractivity contribution >= 4 is 40.8 Å². The summed E-state index contributed by atoms with van der Waals surface area (Å²) >= 11 is 0. The zero-order valence-corrected chi connectivity index (χ0v) is 13.1. The van der Waals surface area contributed by atoms with Crippen molar-refractivity contribution in [2.75, 3.05) is 13.2 Å². The smallest absolute Gasteiger partial charge is 0.325 e. The fraction of sp³-hybridized carbons (Fsp3) is 0.400. The number of halogens is 2. The van der Waals surface area contributed by atoms with Crippen molar-refractivity contribution in [2.45, 2.75) is 17.9 Å². The number of aromatic nitrogens is 1. The molecular weight excluding hydrogens is 329 g/mol. The van der Waals surface area contributed by atoms with Gasteiger partial charge >= 0.3 is 5.97 Å². The highest BCUT2D eigenvalue weighted by Crippen LogP contribution is 2.06. The van der Waals surface area contributed by atoms with Gasteiger partial charge in [-0.3, -0.25) is 9.78 Å². The van der Waals surface area contributed by atoms with E-state index in [0.29, 0.717) is 0 Å². The van der Waals surface area contributed by atoms with Gasteiger partial charge in [-0.15, -0.1) is 24.8 Å². The number of nitrogens with one attached hydrogen (secondary N) is 1. The van der Waals surface area contributed by atoms with Crippen LogP contribution in [0.1, 0.15) is 6.92 Å². The largest absolute Gasteiger partial charge is 0.465 e. The summed E-state index contributed by atoms with van der Waals surface area (Å²) in [4.78, 5) is 15.1. The summed E-state index contributed by atoms with van der Waals surface area (Å²) in [5, 5.41) is 0. The summed E-state index contributed by atoms with van der Waals surface area (Å²) in [6.45, 7) is 1.60. The average molecular weight is 346 g/mol. The van der Waals surface area contributed by atoms with E-state index in [-0.39, 0.29) is 42.9 Å². The lowest BCUT2D eigenvalue weighted by Crippen LogP contribution is -2.46. The van der Waals surface area contributed by atoms with E-state index in [4.69, 9.17) is 10.5 Å². The highest BCUT2D eigenvalue weighted by molar-refractivity contribution is 7.89. The predicted octanol–water partition coefficient (Wildman–Crippen LogP) is 0.0939. The Morgan fingerprint density at radius 2 is 2.15 bits per heavy atom. The van der Waals surface area contributed by atoms with Gasteiger partial charge in [0, 0.05) is 18.9 Å². The van der Waals surface area contributed by atoms with Crippen LogP contribution in [0.5, 0.6) is 0 Å². The van der Waals surface area contributed by atoms with E-state index >= 15 is 0 Å². The molecule has 0 saturated heterocycles. The molecule has 20 heavy (non-hydrogen) atoms. The van der Waals surface area contributed by atoms with E-state index in [1.807, 2.05) is 0 Å². The molecule has 0 unspecified atom stereocenters. The first-order valence-corrected chi connectivity index (χ1v) is 6.78. The molecule has 0 saturated carbocycles. The van der Waals surface area contributed by atoms with Gasteiger partial charge in [0.15, 0.2) is 0 Å². The van der Waals surface area contributed by atoms with Crippen LogP contribution in [0.2, 0.25) is 0 Å². The Bertz CT molecular complexity index is 498. The van der Waals surface area contributed by atoms with Gasteiger partial charge in [-0.2, -0.15) is 4.72 Å². The molecule has 0 spiro atoms. The summed E-state index contributed by atoms with van der Waals surface area (Å²) in [7, 11) is -3.83. The third-order valence-electron chi connectivity index (χ3n) is 2.05. The van der Waals surface area contributed by atoms with Crippen molar-refractivity contribution in [1.82, 2.24) is 9.71 Å². The van der Waals surface area contributed by atoms with E-state index in [1.54, 1.807) is 6.92 Å². The van der Waals surface area contributed by atoms with Gasteiger partial charge in [0.2, 0.25) is 10.0 Å². The van der Waals surface area contributed by atoms with Gasteiger partial charge in [0.1, 0.15) is 10.9 Å². The van der Waals surface area contributed by atoms with Gasteiger partial charge in [0.25, 0.3) is 0 Å². The van der Waals surface area contributed by atoms with E-state index in [1.165, 1.54) is 24.5 Å². The van der Waals surface area contributed by atoms with Crippen molar-refractivity contribution in [3.8, 4) is 0 Å². The molecule has 0 amide bonds. The minimum Gasteiger partial charge on any atom is -0.465 e. The third kappa shape index (κ3) is 6.02. The Hall–Kier alpha value is -0.930. The zero-order chi connectivity index (χ0) is 13.6. The maximum atomic E-state index is 11.9. The van der Waals surface area contributed by atoms with Gasteiger partial charge in [-0.1, -0.05) is 0 Å². The van der Waals surface area contributed by atoms with Crippen LogP contribution in [-0.2, 0) is 19.6 Å². The topological polar surface area (TPSA) is 111 Å². The quantitative estimate of drug-likeness (QED) is 0.707. The molecule has 7 nitrogen and oxygen atoms in total. The van der Waals surface area contributed by atoms with E-state index < -0.39 is 22.0 Å². The predicted molar refractivity (Wildman–Crippen MR) is 78.5 cm³/mol. The fourth-order valence-corrected chi connectivity index (χ4v) is 2.36. The van der Waals surface area contributed by atoms with E-state index in [2.05, 4.69) is 9.71 Å². The number of ether oxygens (including phenoxy) is 1. The van der Waals surface area contributed by atoms with Gasteiger partial charge in [-0.05, 0) is 19.1 Å². The SMILES string of the molecule is CCOC(=O)[C@H](CN)NS(=O)(=O)c1cccnc1.Cl.Cl. The summed E-state index contributed by atoms with van der Waals surface area (Å²) in [6.07, 6.45) is 2.63. The van der Waals surface area contributed by atoms with Crippen LogP contribution in [0.15, 0.2) is 29.4 Å². The minimum atomic E-state index is -3.83. The average Bonchev–Trinajstić information content (AvgIpc) is 2.37. The number of carbonyl (C=O) groups excluding carboxylic acids is 1. The Morgan fingerprint density at radius 3 is 2.60 bits per heavy atom. The lowest BCUT2D eigenvalue weighted by Gasteiger charge is -2.15. The number of hydrogen-bond donors (Lipinski definition) is 2. The van der Waals surface area contributed by atoms with Crippen molar-refractivity contribution in [1.29, 1.82) is 0 Å². The maximum absolute atomic E-state index is 11.9. The van der Waals surface area contributed by atoms with E-state index in [9.17, 15) is 13.2 Å². The molecule has 1 aromatic rings. The van der Waals surface area contributed by atoms with Crippen LogP contribution in [-0.4, -0.2) is 38.6 Å². The summed E-state index contributed by atoms with van der Waals surface area (Å²) in [5.41, 5.74) is 5.35. The zero-order valence-electron chi connectivity index (χ0n) is 10.7. The van der Waals surface area contributed by atoms with Crippen LogP contribution >= 0.6 is 24.8 Å². The number of hydrogen-bond acceptors (Lipinski definition) is 6. The molecule has 1 aromatic heterocycles. The molecule has 116 valence electrons. The van der Waals surface area contributed by atoms with Crippen molar-refractivity contribution in [3.63, 3.8) is 0 Å². The molecule has 0 bridgehead atoms. The number of esters is 1. The molecule has 1 atom stereocenters. The summed E-state index contributed by atoms with van der Waals surface area (Å²) in [6, 6.07) is 1.75. The number of nitrogens with zero attached hydrogens (tertiary/aromatic N) is 1. The molecule has 0 radical (unpaired) electrons. The van der Waals surface area contributed by atoms with Crippen molar-refractivity contribution in [3.05, 3.63) is 24.5 Å².